The lowest BCUT2D eigenvalue weighted by molar-refractivity contribution is -0.292. The van der Waals surface area contributed by atoms with Crippen LogP contribution in [0.5, 0.6) is 0 Å². The lowest BCUT2D eigenvalue weighted by Crippen LogP contribution is -2.60. The molecule has 13 heteroatoms. The predicted molar refractivity (Wildman–Crippen MR) is 215 cm³/mol. The molecule has 10 unspecified atom stereocenters. The summed E-state index contributed by atoms with van der Waals surface area (Å²) in [5, 5.41) is 65.2. The lowest BCUT2D eigenvalue weighted by atomic mass is 9.98. The van der Waals surface area contributed by atoms with Gasteiger partial charge in [-0.05, 0) is 25.0 Å². The Labute approximate surface area is 333 Å². The van der Waals surface area contributed by atoms with Gasteiger partial charge in [0.1, 0.15) is 48.8 Å². The van der Waals surface area contributed by atoms with Gasteiger partial charge in [-0.15, -0.1) is 0 Å². The quantitative estimate of drug-likeness (QED) is 0.0615. The van der Waals surface area contributed by atoms with Crippen LogP contribution in [0.15, 0.2) is 29.1 Å². The summed E-state index contributed by atoms with van der Waals surface area (Å²) in [7, 11) is 0. The zero-order valence-electron chi connectivity index (χ0n) is 34.2. The van der Waals surface area contributed by atoms with E-state index in [1.54, 1.807) is 24.3 Å². The Bertz CT molecular complexity index is 1300. The molecule has 2 aliphatic rings. The van der Waals surface area contributed by atoms with Gasteiger partial charge < -0.3 is 49.6 Å². The van der Waals surface area contributed by atoms with Crippen LogP contribution in [0, 0.1) is 0 Å². The molecule has 1 aromatic heterocycles. The number of unbranched alkanes of at least 4 members (excludes halogenated alkanes) is 18. The van der Waals surface area contributed by atoms with E-state index in [1.807, 2.05) is 0 Å². The van der Waals surface area contributed by atoms with Gasteiger partial charge in [0.15, 0.2) is 12.6 Å². The van der Waals surface area contributed by atoms with Gasteiger partial charge in [0, 0.05) is 13.2 Å². The van der Waals surface area contributed by atoms with Gasteiger partial charge in [-0.2, -0.15) is 0 Å². The minimum atomic E-state index is -1.62. The van der Waals surface area contributed by atoms with Gasteiger partial charge in [-0.3, -0.25) is 9.13 Å². The van der Waals surface area contributed by atoms with E-state index in [9.17, 15) is 35.4 Å². The van der Waals surface area contributed by atoms with Crippen molar-refractivity contribution in [2.24, 2.45) is 0 Å². The zero-order valence-corrected chi connectivity index (χ0v) is 34.2. The van der Waals surface area contributed by atoms with Crippen molar-refractivity contribution < 1.29 is 49.6 Å². The van der Waals surface area contributed by atoms with E-state index in [2.05, 4.69) is 13.8 Å². The number of aliphatic hydroxyl groups excluding tert-OH is 6. The molecule has 56 heavy (non-hydrogen) atoms. The molecule has 0 saturated carbocycles. The van der Waals surface area contributed by atoms with Crippen molar-refractivity contribution in [3.8, 4) is 0 Å². The number of imidazole rings is 1. The van der Waals surface area contributed by atoms with E-state index in [4.69, 9.17) is 18.9 Å². The highest BCUT2D eigenvalue weighted by Gasteiger charge is 2.46. The van der Waals surface area contributed by atoms with Crippen LogP contribution in [0.4, 0.5) is 0 Å². The number of hydrogen-bond donors (Lipinski definition) is 6. The van der Waals surface area contributed by atoms with Crippen LogP contribution in [0.25, 0.3) is 11.0 Å². The van der Waals surface area contributed by atoms with Gasteiger partial charge in [0.05, 0.1) is 24.1 Å². The summed E-state index contributed by atoms with van der Waals surface area (Å²) in [6.45, 7) is 4.74. The fourth-order valence-corrected chi connectivity index (χ4v) is 8.13. The molecule has 0 radical (unpaired) electrons. The summed E-state index contributed by atoms with van der Waals surface area (Å²) in [5.74, 6) is 0. The first-order valence-electron chi connectivity index (χ1n) is 22.0. The molecule has 322 valence electrons. The Kier molecular flexibility index (Phi) is 21.3. The maximum absolute atomic E-state index is 14.0. The highest BCUT2D eigenvalue weighted by molar-refractivity contribution is 5.76. The molecule has 2 aliphatic heterocycles. The number of aromatic nitrogens is 2. The lowest BCUT2D eigenvalue weighted by Gasteiger charge is -2.40. The first-order chi connectivity index (χ1) is 27.2. The Hall–Kier alpha value is -1.91. The highest BCUT2D eigenvalue weighted by Crippen LogP contribution is 2.28. The van der Waals surface area contributed by atoms with Gasteiger partial charge >= 0.3 is 5.69 Å². The van der Waals surface area contributed by atoms with Crippen LogP contribution in [0.2, 0.25) is 0 Å². The van der Waals surface area contributed by atoms with Gasteiger partial charge in [0.25, 0.3) is 0 Å². The molecule has 0 bridgehead atoms. The molecule has 2 saturated heterocycles. The molecule has 1 aromatic carbocycles. The number of ether oxygens (including phenoxy) is 4. The van der Waals surface area contributed by atoms with E-state index >= 15 is 0 Å². The standard InChI is InChI=1S/C43H74N2O11/c1-3-5-7-9-11-13-15-17-19-23-27-53-39-35(46)33(55-41(50)37(39)48)29-44-31-25-21-22-26-32(31)45(43(44)52)30-34-36(47)40(38(49)42(51)56-34)54-28-24-20-18-16-14-12-10-8-6-4-2/h21-22,25-26,33-42,46-51H,3-20,23-24,27-30H2,1-2H3. The third kappa shape index (κ3) is 13.8. The summed E-state index contributed by atoms with van der Waals surface area (Å²) in [6.07, 6.45) is 9.95. The van der Waals surface area contributed by atoms with Crippen molar-refractivity contribution in [2.45, 2.75) is 217 Å². The number of fused-ring (bicyclic) bond motifs is 1. The normalized spacial score (nSPS) is 28.4. The number of aliphatic hydroxyl groups is 6. The van der Waals surface area contributed by atoms with Gasteiger partial charge in [-0.1, -0.05) is 142 Å². The van der Waals surface area contributed by atoms with Crippen LogP contribution >= 0.6 is 0 Å². The topological polar surface area (TPSA) is 185 Å². The molecule has 0 spiro atoms. The smallest absolute Gasteiger partial charge is 0.329 e. The third-order valence-corrected chi connectivity index (χ3v) is 11.6. The van der Waals surface area contributed by atoms with Crippen LogP contribution in [0.1, 0.15) is 142 Å². The number of rotatable bonds is 28. The van der Waals surface area contributed by atoms with Crippen LogP contribution in [-0.4, -0.2) is 114 Å². The Morgan fingerprint density at radius 2 is 0.821 bits per heavy atom. The van der Waals surface area contributed by atoms with Crippen LogP contribution in [0.3, 0.4) is 0 Å². The maximum atomic E-state index is 14.0. The van der Waals surface area contributed by atoms with E-state index < -0.39 is 67.1 Å². The van der Waals surface area contributed by atoms with Crippen molar-refractivity contribution >= 4 is 11.0 Å². The molecule has 0 amide bonds. The molecular weight excluding hydrogens is 720 g/mol. The van der Waals surface area contributed by atoms with Crippen molar-refractivity contribution in [3.05, 3.63) is 34.7 Å². The van der Waals surface area contributed by atoms with Crippen molar-refractivity contribution in [1.29, 1.82) is 0 Å². The van der Waals surface area contributed by atoms with Crippen molar-refractivity contribution in [1.82, 2.24) is 9.13 Å². The van der Waals surface area contributed by atoms with Crippen molar-refractivity contribution in [3.63, 3.8) is 0 Å². The Morgan fingerprint density at radius 1 is 0.500 bits per heavy atom. The SMILES string of the molecule is CCCCCCCCCCCCOC1C(O)C(O)OC(Cn2c(=O)n(CC3OC(O)C(O)C(OCCCCCCCCCCCC)C3O)c3ccccc32)C1O. The third-order valence-electron chi connectivity index (χ3n) is 11.6. The zero-order chi connectivity index (χ0) is 40.3. The summed E-state index contributed by atoms with van der Waals surface area (Å²) >= 11 is 0. The molecule has 4 rings (SSSR count). The molecular formula is C43H74N2O11. The van der Waals surface area contributed by atoms with E-state index in [0.717, 1.165) is 38.5 Å². The number of benzene rings is 1. The number of hydrogen-bond acceptors (Lipinski definition) is 11. The van der Waals surface area contributed by atoms with Gasteiger partial charge in [0.2, 0.25) is 0 Å². The molecule has 3 heterocycles. The number of para-hydroxylation sites is 2. The van der Waals surface area contributed by atoms with Gasteiger partial charge in [-0.25, -0.2) is 4.79 Å². The molecule has 2 aromatic rings. The Morgan fingerprint density at radius 3 is 1.16 bits per heavy atom. The van der Waals surface area contributed by atoms with E-state index in [0.29, 0.717) is 24.2 Å². The summed E-state index contributed by atoms with van der Waals surface area (Å²) < 4.78 is 25.9. The first kappa shape index (κ1) is 46.8. The van der Waals surface area contributed by atoms with Crippen molar-refractivity contribution in [2.75, 3.05) is 13.2 Å². The maximum Gasteiger partial charge on any atom is 0.329 e. The minimum Gasteiger partial charge on any atom is -0.388 e. The average molecular weight is 795 g/mol. The molecule has 0 aliphatic carbocycles. The van der Waals surface area contributed by atoms with Crippen LogP contribution in [-0.2, 0) is 32.0 Å². The fraction of sp³-hybridized carbons (Fsp3) is 0.837. The predicted octanol–water partition coefficient (Wildman–Crippen LogP) is 5.29. The first-order valence-corrected chi connectivity index (χ1v) is 22.0. The second-order valence-electron chi connectivity index (χ2n) is 16.1. The summed E-state index contributed by atoms with van der Waals surface area (Å²) in [4.78, 5) is 14.0. The van der Waals surface area contributed by atoms with E-state index in [-0.39, 0.29) is 13.1 Å². The van der Waals surface area contributed by atoms with E-state index in [1.165, 1.54) is 99.0 Å². The molecule has 13 nitrogen and oxygen atoms in total. The second-order valence-corrected chi connectivity index (χ2v) is 16.1. The largest absolute Gasteiger partial charge is 0.388 e. The number of nitrogens with zero attached hydrogens (tertiary/aromatic N) is 2. The second kappa shape index (κ2) is 25.5. The van der Waals surface area contributed by atoms with Crippen LogP contribution < -0.4 is 5.69 Å². The summed E-state index contributed by atoms with van der Waals surface area (Å²) in [5.41, 5.74) is 0.525. The minimum absolute atomic E-state index is 0.157. The Balaban J connectivity index is 1.31. The highest BCUT2D eigenvalue weighted by atomic mass is 16.7. The molecule has 10 atom stereocenters. The average Bonchev–Trinajstić information content (AvgIpc) is 3.45. The molecule has 2 fully saturated rings. The summed E-state index contributed by atoms with van der Waals surface area (Å²) in [6, 6.07) is 7.01. The fourth-order valence-electron chi connectivity index (χ4n) is 8.13. The molecule has 6 N–H and O–H groups in total. The monoisotopic (exact) mass is 795 g/mol.